The monoisotopic (exact) mass is 667 g/mol. The Morgan fingerprint density at radius 1 is 0.295 bits per heavy atom. The quantitative estimate of drug-likeness (QED) is 0.224. The van der Waals surface area contributed by atoms with Crippen molar-refractivity contribution in [3.63, 3.8) is 0 Å². The van der Waals surface area contributed by atoms with Crippen LogP contribution in [0, 0.1) is 0 Å². The third-order valence-corrected chi connectivity index (χ3v) is 6.28. The van der Waals surface area contributed by atoms with Crippen LogP contribution < -0.4 is 16.4 Å². The summed E-state index contributed by atoms with van der Waals surface area (Å²) in [6.07, 6.45) is -40.1. The Kier molecular flexibility index (Phi) is 8.34. The molecular weight excluding hydrogens is 657 g/mol. The van der Waals surface area contributed by atoms with E-state index in [0.717, 1.165) is 0 Å². The molecule has 0 atom stereocenters. The molecule has 20 heteroatoms. The zero-order valence-electron chi connectivity index (χ0n) is 20.5. The molecule has 0 heterocycles. The minimum absolute atomic E-state index is 0.448. The molecule has 3 rings (SSSR count). The molecule has 0 aliphatic rings. The van der Waals surface area contributed by atoms with Gasteiger partial charge in [0.05, 0.1) is 33.4 Å². The van der Waals surface area contributed by atoms with Gasteiger partial charge in [0.15, 0.2) is 6.35 Å². The summed E-state index contributed by atoms with van der Waals surface area (Å²) in [6, 6.07) is -4.52. The second-order valence-electron chi connectivity index (χ2n) is 9.34. The lowest BCUT2D eigenvalue weighted by molar-refractivity contribution is -0.144. The van der Waals surface area contributed by atoms with Crippen molar-refractivity contribution in [1.82, 2.24) is 0 Å². The molecule has 3 aromatic carbocycles. The molecule has 0 bridgehead atoms. The summed E-state index contributed by atoms with van der Waals surface area (Å²) in [5.41, 5.74) is -19.8. The third kappa shape index (κ3) is 7.21. The van der Waals surface area contributed by atoms with Crippen LogP contribution in [0.2, 0.25) is 0 Å². The highest BCUT2D eigenvalue weighted by molar-refractivity contribution is 7.06. The van der Waals surface area contributed by atoms with Crippen LogP contribution in [0.3, 0.4) is 0 Å². The topological polar surface area (TPSA) is 20.2 Å². The van der Waals surface area contributed by atoms with Gasteiger partial charge in [0.1, 0.15) is 0 Å². The van der Waals surface area contributed by atoms with Crippen LogP contribution in [-0.2, 0) is 37.1 Å². The van der Waals surface area contributed by atoms with Gasteiger partial charge in [-0.25, -0.2) is 0 Å². The van der Waals surface area contributed by atoms with Gasteiger partial charge < -0.3 is 5.02 Å². The molecule has 0 unspecified atom stereocenters. The van der Waals surface area contributed by atoms with Crippen molar-refractivity contribution in [2.75, 3.05) is 0 Å². The zero-order chi connectivity index (χ0) is 34.1. The number of rotatable bonds is 3. The molecule has 0 aromatic heterocycles. The van der Waals surface area contributed by atoms with E-state index in [2.05, 4.69) is 0 Å². The smallest absolute Gasteiger partial charge is 0.416 e. The highest BCUT2D eigenvalue weighted by Crippen LogP contribution is 2.39. The normalized spacial score (nSPS) is 14.2. The summed E-state index contributed by atoms with van der Waals surface area (Å²) in [7, 11) is 0. The van der Waals surface area contributed by atoms with Crippen LogP contribution in [0.1, 0.15) is 33.4 Å². The van der Waals surface area contributed by atoms with Gasteiger partial charge in [-0.2, -0.15) is 95.4 Å². The van der Waals surface area contributed by atoms with Crippen molar-refractivity contribution < 1.29 is 84.1 Å². The first-order chi connectivity index (χ1) is 19.4. The van der Waals surface area contributed by atoms with Crippen molar-refractivity contribution in [1.29, 1.82) is 0 Å². The maximum absolute atomic E-state index is 13.6. The van der Waals surface area contributed by atoms with Crippen LogP contribution in [-0.4, -0.2) is 11.4 Å². The van der Waals surface area contributed by atoms with E-state index in [-0.39, 0.29) is 0 Å². The average Bonchev–Trinajstić information content (AvgIpc) is 2.84. The number of hydrogen-bond donors (Lipinski definition) is 1. The van der Waals surface area contributed by atoms with Crippen LogP contribution in [0.4, 0.5) is 79.0 Å². The molecule has 0 saturated carbocycles. The van der Waals surface area contributed by atoms with Crippen molar-refractivity contribution >= 4 is 22.7 Å². The first kappa shape index (κ1) is 34.9. The van der Waals surface area contributed by atoms with Crippen LogP contribution in [0.15, 0.2) is 54.6 Å². The summed E-state index contributed by atoms with van der Waals surface area (Å²) in [5, 5.41) is 11.6. The van der Waals surface area contributed by atoms with E-state index in [1.165, 1.54) is 0 Å². The molecule has 242 valence electrons. The van der Waals surface area contributed by atoms with Gasteiger partial charge in [0.25, 0.3) is 0 Å². The van der Waals surface area contributed by atoms with Crippen molar-refractivity contribution in [2.45, 2.75) is 37.1 Å². The van der Waals surface area contributed by atoms with Crippen molar-refractivity contribution in [2.24, 2.45) is 0 Å². The number of hydrogen-bond acceptors (Lipinski definition) is 1. The molecule has 1 nitrogen and oxygen atoms in total. The van der Waals surface area contributed by atoms with Crippen molar-refractivity contribution in [3.8, 4) is 0 Å². The Hall–Kier alpha value is -3.58. The standard InChI is InChI=1S/C24H10BF18O/c26-19(27,28)10-1-11(20(29,30)31)5-16(4-10)25(44,17-6-12(21(32,33)34)2-13(7-17)22(35,36)37)18-8-14(23(38,39)40)3-15(9-18)24(41,42)43/h1-9,44H/q-1. The predicted molar refractivity (Wildman–Crippen MR) is 116 cm³/mol. The van der Waals surface area contributed by atoms with Crippen LogP contribution in [0.5, 0.6) is 0 Å². The molecule has 0 aliphatic heterocycles. The van der Waals surface area contributed by atoms with Gasteiger partial charge in [-0.1, -0.05) is 36.4 Å². The summed E-state index contributed by atoms with van der Waals surface area (Å²) in [4.78, 5) is 0. The predicted octanol–water partition coefficient (Wildman–Crippen LogP) is 7.76. The second kappa shape index (κ2) is 10.5. The van der Waals surface area contributed by atoms with E-state index in [1.54, 1.807) is 0 Å². The fraction of sp³-hybridized carbons (Fsp3) is 0.250. The lowest BCUT2D eigenvalue weighted by Gasteiger charge is -2.40. The van der Waals surface area contributed by atoms with Crippen molar-refractivity contribution in [3.05, 3.63) is 88.0 Å². The molecule has 3 aromatic rings. The lowest BCUT2D eigenvalue weighted by atomic mass is 9.28. The molecule has 0 spiro atoms. The highest BCUT2D eigenvalue weighted by atomic mass is 19.4. The molecule has 0 saturated heterocycles. The summed E-state index contributed by atoms with van der Waals surface area (Å²) in [5.74, 6) is 0. The van der Waals surface area contributed by atoms with Gasteiger partial charge >= 0.3 is 37.1 Å². The van der Waals surface area contributed by atoms with E-state index >= 15 is 0 Å². The van der Waals surface area contributed by atoms with E-state index in [0.29, 0.717) is 0 Å². The summed E-state index contributed by atoms with van der Waals surface area (Å²) >= 11 is 0. The first-order valence-corrected chi connectivity index (χ1v) is 11.2. The number of alkyl halides is 18. The van der Waals surface area contributed by atoms with E-state index in [9.17, 15) is 84.1 Å². The van der Waals surface area contributed by atoms with Gasteiger partial charge in [-0.15, -0.1) is 0 Å². The fourth-order valence-electron chi connectivity index (χ4n) is 4.24. The largest absolute Gasteiger partial charge is 0.594 e. The molecule has 0 amide bonds. The molecule has 0 radical (unpaired) electrons. The minimum atomic E-state index is -5.79. The Morgan fingerprint density at radius 3 is 0.545 bits per heavy atom. The Bertz CT molecular complexity index is 1260. The van der Waals surface area contributed by atoms with Gasteiger partial charge in [0, 0.05) is 0 Å². The minimum Gasteiger partial charge on any atom is -0.594 e. The molecule has 0 aliphatic carbocycles. The molecular formula is C24H10BF18O-. The van der Waals surface area contributed by atoms with Gasteiger partial charge in [-0.05, 0) is 18.2 Å². The first-order valence-electron chi connectivity index (χ1n) is 11.2. The van der Waals surface area contributed by atoms with Gasteiger partial charge in [0.2, 0.25) is 0 Å². The molecule has 1 N–H and O–H groups in total. The third-order valence-electron chi connectivity index (χ3n) is 6.28. The Morgan fingerprint density at radius 2 is 0.432 bits per heavy atom. The molecule has 44 heavy (non-hydrogen) atoms. The zero-order valence-corrected chi connectivity index (χ0v) is 20.5. The maximum Gasteiger partial charge on any atom is 0.416 e. The average molecular weight is 667 g/mol. The lowest BCUT2D eigenvalue weighted by Crippen LogP contribution is -2.68. The summed E-state index contributed by atoms with van der Waals surface area (Å²) < 4.78 is 244. The number of halogens is 18. The SMILES string of the molecule is O[B-](c1cc(C(F)(F)F)cc(C(F)(F)F)c1)(c1cc(C(F)(F)F)cc(C(F)(F)F)c1)c1cc(C(F)(F)F)cc(C(F)(F)F)c1. The second-order valence-corrected chi connectivity index (χ2v) is 9.34. The van der Waals surface area contributed by atoms with E-state index in [1.807, 2.05) is 0 Å². The molecule has 0 fully saturated rings. The summed E-state index contributed by atoms with van der Waals surface area (Å²) in [6.45, 7) is 0. The Balaban J connectivity index is 2.68. The van der Waals surface area contributed by atoms with Crippen LogP contribution in [0.25, 0.3) is 0 Å². The van der Waals surface area contributed by atoms with E-state index in [4.69, 9.17) is 0 Å². The van der Waals surface area contributed by atoms with Gasteiger partial charge in [-0.3, -0.25) is 0 Å². The fourth-order valence-corrected chi connectivity index (χ4v) is 4.24. The maximum atomic E-state index is 13.6. The Labute approximate surface area is 232 Å². The highest BCUT2D eigenvalue weighted by Gasteiger charge is 2.44. The van der Waals surface area contributed by atoms with E-state index < -0.39 is 148 Å². The van der Waals surface area contributed by atoms with Crippen LogP contribution >= 0.6 is 0 Å². The number of benzene rings is 3.